The molecule has 1 atom stereocenters. The minimum absolute atomic E-state index is 0. The van der Waals surface area contributed by atoms with Gasteiger partial charge in [-0.1, -0.05) is 30.3 Å². The molecule has 2 fully saturated rings. The molecule has 170 valence electrons. The molecule has 3 heterocycles. The number of guanidine groups is 1. The van der Waals surface area contributed by atoms with Gasteiger partial charge >= 0.3 is 0 Å². The van der Waals surface area contributed by atoms with Gasteiger partial charge in [0.05, 0.1) is 12.8 Å². The summed E-state index contributed by atoms with van der Waals surface area (Å²) in [7, 11) is 0. The summed E-state index contributed by atoms with van der Waals surface area (Å²) >= 11 is 2.07. The number of hydrogen-bond acceptors (Lipinski definition) is 4. The Kier molecular flexibility index (Phi) is 10.6. The standard InChI is InChI=1S/C24H34N4OS.HI/c1-2-6-20(7-3-1)19-28-14-11-21(12-15-28)27-24(26-18-23-9-5-17-30-23)25-13-10-22-8-4-16-29-22;/h1-4,6-8,16,21,23H,5,9-15,17-19H2,(H2,25,26,27);1H. The SMILES string of the molecule is I.c1ccc(CN2CCC(NC(=NCC3CCCS3)NCCc3ccco3)CC2)cc1. The first-order valence-electron chi connectivity index (χ1n) is 11.3. The Morgan fingerprint density at radius 1 is 1.10 bits per heavy atom. The Hall–Kier alpha value is -1.19. The maximum atomic E-state index is 5.46. The highest BCUT2D eigenvalue weighted by molar-refractivity contribution is 14.0. The molecule has 4 rings (SSSR count). The number of halogens is 1. The molecule has 2 saturated heterocycles. The minimum Gasteiger partial charge on any atom is -0.469 e. The van der Waals surface area contributed by atoms with Crippen LogP contribution in [0.15, 0.2) is 58.1 Å². The van der Waals surface area contributed by atoms with Crippen molar-refractivity contribution in [2.75, 3.05) is 31.9 Å². The van der Waals surface area contributed by atoms with Gasteiger partial charge in [0.1, 0.15) is 5.76 Å². The van der Waals surface area contributed by atoms with E-state index in [9.17, 15) is 0 Å². The molecule has 1 aromatic heterocycles. The zero-order valence-electron chi connectivity index (χ0n) is 18.2. The lowest BCUT2D eigenvalue weighted by Crippen LogP contribution is -2.49. The van der Waals surface area contributed by atoms with Crippen LogP contribution < -0.4 is 10.6 Å². The molecule has 2 N–H and O–H groups in total. The van der Waals surface area contributed by atoms with Crippen LogP contribution in [0.1, 0.15) is 37.0 Å². The molecule has 0 radical (unpaired) electrons. The van der Waals surface area contributed by atoms with Crippen LogP contribution in [0, 0.1) is 0 Å². The molecular weight excluding hydrogens is 519 g/mol. The number of furan rings is 1. The first-order chi connectivity index (χ1) is 14.8. The fraction of sp³-hybridized carbons (Fsp3) is 0.542. The van der Waals surface area contributed by atoms with E-state index in [0.29, 0.717) is 11.3 Å². The zero-order chi connectivity index (χ0) is 20.4. The van der Waals surface area contributed by atoms with Gasteiger partial charge in [-0.15, -0.1) is 24.0 Å². The third kappa shape index (κ3) is 8.35. The lowest BCUT2D eigenvalue weighted by Gasteiger charge is -2.33. The molecule has 1 aromatic carbocycles. The van der Waals surface area contributed by atoms with Crippen LogP contribution >= 0.6 is 35.7 Å². The Labute approximate surface area is 207 Å². The smallest absolute Gasteiger partial charge is 0.191 e. The van der Waals surface area contributed by atoms with Crippen LogP contribution in [-0.2, 0) is 13.0 Å². The Morgan fingerprint density at radius 2 is 1.94 bits per heavy atom. The number of nitrogens with zero attached hydrogens (tertiary/aromatic N) is 2. The van der Waals surface area contributed by atoms with Crippen molar-refractivity contribution in [1.29, 1.82) is 0 Å². The van der Waals surface area contributed by atoms with Crippen molar-refractivity contribution in [2.45, 2.75) is 49.9 Å². The van der Waals surface area contributed by atoms with Gasteiger partial charge in [0.15, 0.2) is 5.96 Å². The maximum absolute atomic E-state index is 5.46. The summed E-state index contributed by atoms with van der Waals surface area (Å²) in [4.78, 5) is 7.49. The number of piperidine rings is 1. The van der Waals surface area contributed by atoms with Crippen molar-refractivity contribution in [3.63, 3.8) is 0 Å². The van der Waals surface area contributed by atoms with E-state index >= 15 is 0 Å². The number of thioether (sulfide) groups is 1. The van der Waals surface area contributed by atoms with Gasteiger partial charge in [-0.3, -0.25) is 9.89 Å². The van der Waals surface area contributed by atoms with E-state index in [2.05, 4.69) is 57.6 Å². The monoisotopic (exact) mass is 554 g/mol. The number of aliphatic imine (C=N–C) groups is 1. The summed E-state index contributed by atoms with van der Waals surface area (Å²) in [6.45, 7) is 5.06. The molecule has 5 nitrogen and oxygen atoms in total. The van der Waals surface area contributed by atoms with Crippen LogP contribution in [-0.4, -0.2) is 54.1 Å². The van der Waals surface area contributed by atoms with Crippen molar-refractivity contribution in [3.05, 3.63) is 60.1 Å². The molecule has 7 heteroatoms. The molecule has 0 spiro atoms. The number of hydrogen-bond donors (Lipinski definition) is 2. The number of nitrogens with one attached hydrogen (secondary N) is 2. The zero-order valence-corrected chi connectivity index (χ0v) is 21.3. The molecule has 0 saturated carbocycles. The molecule has 0 bridgehead atoms. The van der Waals surface area contributed by atoms with Crippen LogP contribution in [0.3, 0.4) is 0 Å². The molecule has 2 aliphatic heterocycles. The Morgan fingerprint density at radius 3 is 2.65 bits per heavy atom. The minimum atomic E-state index is 0. The van der Waals surface area contributed by atoms with Gasteiger partial charge in [0, 0.05) is 43.9 Å². The van der Waals surface area contributed by atoms with Crippen molar-refractivity contribution < 1.29 is 4.42 Å². The molecule has 0 aliphatic carbocycles. The van der Waals surface area contributed by atoms with E-state index in [0.717, 1.165) is 63.7 Å². The highest BCUT2D eigenvalue weighted by atomic mass is 127. The number of likely N-dealkylation sites (tertiary alicyclic amines) is 1. The predicted octanol–water partition coefficient (Wildman–Crippen LogP) is 4.54. The normalized spacial score (nSPS) is 20.4. The second-order valence-corrected chi connectivity index (χ2v) is 9.67. The number of rotatable bonds is 8. The van der Waals surface area contributed by atoms with E-state index in [1.165, 1.54) is 24.2 Å². The summed E-state index contributed by atoms with van der Waals surface area (Å²) in [6, 6.07) is 15.3. The fourth-order valence-electron chi connectivity index (χ4n) is 4.16. The summed E-state index contributed by atoms with van der Waals surface area (Å²) in [5.74, 6) is 3.27. The molecule has 0 amide bonds. The average Bonchev–Trinajstić information content (AvgIpc) is 3.48. The van der Waals surface area contributed by atoms with Gasteiger partial charge in [-0.25, -0.2) is 0 Å². The third-order valence-electron chi connectivity index (χ3n) is 5.90. The van der Waals surface area contributed by atoms with Crippen molar-refractivity contribution >= 4 is 41.7 Å². The fourth-order valence-corrected chi connectivity index (χ4v) is 5.34. The number of benzene rings is 1. The molecule has 2 aliphatic rings. The lowest BCUT2D eigenvalue weighted by atomic mass is 10.0. The van der Waals surface area contributed by atoms with E-state index in [-0.39, 0.29) is 24.0 Å². The highest BCUT2D eigenvalue weighted by Crippen LogP contribution is 2.26. The van der Waals surface area contributed by atoms with Gasteiger partial charge in [-0.05, 0) is 49.1 Å². The first-order valence-corrected chi connectivity index (χ1v) is 12.3. The van der Waals surface area contributed by atoms with Crippen LogP contribution in [0.4, 0.5) is 0 Å². The van der Waals surface area contributed by atoms with E-state index in [1.807, 2.05) is 12.1 Å². The second-order valence-electron chi connectivity index (χ2n) is 8.26. The molecular formula is C24H35IN4OS. The van der Waals surface area contributed by atoms with Crippen LogP contribution in [0.2, 0.25) is 0 Å². The summed E-state index contributed by atoms with van der Waals surface area (Å²) in [6.07, 6.45) is 7.56. The summed E-state index contributed by atoms with van der Waals surface area (Å²) in [5, 5.41) is 7.93. The van der Waals surface area contributed by atoms with Crippen LogP contribution in [0.25, 0.3) is 0 Å². The molecule has 31 heavy (non-hydrogen) atoms. The average molecular weight is 555 g/mol. The molecule has 1 unspecified atom stereocenters. The first kappa shape index (κ1) is 24.5. The van der Waals surface area contributed by atoms with E-state index in [1.54, 1.807) is 6.26 Å². The van der Waals surface area contributed by atoms with Crippen molar-refractivity contribution in [2.24, 2.45) is 4.99 Å². The quantitative estimate of drug-likeness (QED) is 0.285. The van der Waals surface area contributed by atoms with Gasteiger partial charge in [0.25, 0.3) is 0 Å². The predicted molar refractivity (Wildman–Crippen MR) is 141 cm³/mol. The highest BCUT2D eigenvalue weighted by Gasteiger charge is 2.21. The summed E-state index contributed by atoms with van der Waals surface area (Å²) in [5.41, 5.74) is 1.40. The molecule has 2 aromatic rings. The second kappa shape index (κ2) is 13.4. The van der Waals surface area contributed by atoms with Gasteiger partial charge in [-0.2, -0.15) is 11.8 Å². The van der Waals surface area contributed by atoms with E-state index < -0.39 is 0 Å². The Bertz CT molecular complexity index is 757. The topological polar surface area (TPSA) is 52.8 Å². The largest absolute Gasteiger partial charge is 0.469 e. The Balaban J connectivity index is 0.00000272. The third-order valence-corrected chi connectivity index (χ3v) is 7.28. The van der Waals surface area contributed by atoms with Gasteiger partial charge < -0.3 is 15.1 Å². The van der Waals surface area contributed by atoms with Crippen molar-refractivity contribution in [3.8, 4) is 0 Å². The van der Waals surface area contributed by atoms with Crippen LogP contribution in [0.5, 0.6) is 0 Å². The summed E-state index contributed by atoms with van der Waals surface area (Å²) < 4.78 is 5.46. The van der Waals surface area contributed by atoms with E-state index in [4.69, 9.17) is 9.41 Å². The maximum Gasteiger partial charge on any atom is 0.191 e. The van der Waals surface area contributed by atoms with Crippen molar-refractivity contribution in [1.82, 2.24) is 15.5 Å². The lowest BCUT2D eigenvalue weighted by molar-refractivity contribution is 0.198. The van der Waals surface area contributed by atoms with Gasteiger partial charge in [0.2, 0.25) is 0 Å².